The summed E-state index contributed by atoms with van der Waals surface area (Å²) in [5.74, 6) is 0.0831. The summed E-state index contributed by atoms with van der Waals surface area (Å²) >= 11 is 1.65. The van der Waals surface area contributed by atoms with Crippen molar-refractivity contribution in [2.24, 2.45) is 5.92 Å². The molecule has 0 aliphatic carbocycles. The van der Waals surface area contributed by atoms with Crippen molar-refractivity contribution < 1.29 is 24.2 Å². The Morgan fingerprint density at radius 1 is 1.22 bits per heavy atom. The van der Waals surface area contributed by atoms with Crippen LogP contribution in [0.4, 0.5) is 0 Å². The van der Waals surface area contributed by atoms with E-state index in [0.29, 0.717) is 31.6 Å². The van der Waals surface area contributed by atoms with Gasteiger partial charge in [-0.3, -0.25) is 14.4 Å². The summed E-state index contributed by atoms with van der Waals surface area (Å²) in [6.07, 6.45) is 7.18. The number of hydrogen-bond acceptors (Lipinski definition) is 6. The zero-order chi connectivity index (χ0) is 26.2. The van der Waals surface area contributed by atoms with Gasteiger partial charge in [0.25, 0.3) is 0 Å². The second-order valence-electron chi connectivity index (χ2n) is 9.06. The molecule has 1 heterocycles. The second-order valence-corrected chi connectivity index (χ2v) is 10.1. The van der Waals surface area contributed by atoms with Crippen molar-refractivity contribution in [2.45, 2.75) is 62.8 Å². The van der Waals surface area contributed by atoms with Gasteiger partial charge in [-0.15, -0.1) is 13.2 Å². The maximum absolute atomic E-state index is 13.2. The highest BCUT2D eigenvalue weighted by Crippen LogP contribution is 2.21. The molecule has 3 atom stereocenters. The Balaban J connectivity index is 1.97. The summed E-state index contributed by atoms with van der Waals surface area (Å²) < 4.78 is 5.46. The number of aliphatic hydroxyl groups excluding tert-OH is 1. The van der Waals surface area contributed by atoms with Crippen molar-refractivity contribution in [1.82, 2.24) is 10.2 Å². The monoisotopic (exact) mass is 516 g/mol. The molecule has 7 nitrogen and oxygen atoms in total. The van der Waals surface area contributed by atoms with Crippen molar-refractivity contribution in [3.63, 3.8) is 0 Å². The third kappa shape index (κ3) is 10.6. The lowest BCUT2D eigenvalue weighted by atomic mass is 9.98. The molecule has 0 bridgehead atoms. The van der Waals surface area contributed by atoms with Gasteiger partial charge in [0.05, 0.1) is 24.6 Å². The number of nitrogens with one attached hydrogen (secondary N) is 1. The van der Waals surface area contributed by atoms with Gasteiger partial charge in [-0.05, 0) is 37.7 Å². The molecule has 198 valence electrons. The number of aliphatic hydroxyl groups is 1. The number of nitrogens with zero attached hydrogens (tertiary/aromatic N) is 1. The average molecular weight is 517 g/mol. The Morgan fingerprint density at radius 2 is 2.00 bits per heavy atom. The minimum atomic E-state index is -0.570. The number of allylic oxidation sites excluding steroid dienone is 2. The summed E-state index contributed by atoms with van der Waals surface area (Å²) in [6.45, 7) is 8.03. The molecule has 1 saturated heterocycles. The van der Waals surface area contributed by atoms with Crippen molar-refractivity contribution in [1.29, 1.82) is 0 Å². The first-order chi connectivity index (χ1) is 17.5. The molecule has 36 heavy (non-hydrogen) atoms. The van der Waals surface area contributed by atoms with E-state index in [4.69, 9.17) is 4.74 Å². The Bertz CT molecular complexity index is 848. The lowest BCUT2D eigenvalue weighted by Crippen LogP contribution is -2.45. The lowest BCUT2D eigenvalue weighted by molar-refractivity contribution is -0.145. The van der Waals surface area contributed by atoms with E-state index in [-0.39, 0.29) is 49.5 Å². The van der Waals surface area contributed by atoms with Crippen LogP contribution in [0.3, 0.4) is 0 Å². The van der Waals surface area contributed by atoms with E-state index in [2.05, 4.69) is 18.5 Å². The fourth-order valence-electron chi connectivity index (χ4n) is 4.17. The van der Waals surface area contributed by atoms with Gasteiger partial charge in [0, 0.05) is 30.9 Å². The van der Waals surface area contributed by atoms with E-state index in [1.165, 1.54) is 5.56 Å². The molecular formula is C28H40N2O5S. The maximum Gasteiger partial charge on any atom is 0.305 e. The molecule has 0 aromatic heterocycles. The minimum Gasteiger partial charge on any atom is -0.463 e. The van der Waals surface area contributed by atoms with Gasteiger partial charge in [0.15, 0.2) is 0 Å². The molecule has 2 amide bonds. The van der Waals surface area contributed by atoms with Gasteiger partial charge in [0.1, 0.15) is 6.61 Å². The smallest absolute Gasteiger partial charge is 0.305 e. The average Bonchev–Trinajstić information content (AvgIpc) is 3.37. The van der Waals surface area contributed by atoms with Gasteiger partial charge >= 0.3 is 5.97 Å². The Morgan fingerprint density at radius 3 is 2.69 bits per heavy atom. The van der Waals surface area contributed by atoms with Crippen LogP contribution in [-0.2, 0) is 24.9 Å². The van der Waals surface area contributed by atoms with Crippen LogP contribution in [0.5, 0.6) is 0 Å². The number of rotatable bonds is 17. The molecular weight excluding hydrogens is 476 g/mol. The highest BCUT2D eigenvalue weighted by atomic mass is 32.2. The number of unbranched alkanes of at least 4 members (excludes halogenated alkanes) is 1. The summed E-state index contributed by atoms with van der Waals surface area (Å²) in [5.41, 5.74) is 1.17. The van der Waals surface area contributed by atoms with Crippen molar-refractivity contribution >= 4 is 29.5 Å². The standard InChI is InChI=1S/C28H40N2O5S/c1-3-5-7-15-27(33)35-19-24(21-36-20-22-12-8-6-9-13-22)29-28(34)23(11-4-2)17-26(32)30-16-10-14-25(30)18-31/h3-4,6,8-9,12-13,23-25,31H,1-2,5,7,10-11,14-21H2,(H,29,34)/t23-,24-,25+/m1/s1. The Labute approximate surface area is 219 Å². The number of amides is 2. The molecule has 1 aromatic carbocycles. The lowest BCUT2D eigenvalue weighted by Gasteiger charge is -2.26. The number of likely N-dealkylation sites (tertiary alicyclic amines) is 1. The Kier molecular flexibility index (Phi) is 14.0. The molecule has 1 aliphatic rings. The van der Waals surface area contributed by atoms with Crippen LogP contribution < -0.4 is 5.32 Å². The third-order valence-corrected chi connectivity index (χ3v) is 7.34. The number of benzene rings is 1. The van der Waals surface area contributed by atoms with Gasteiger partial charge < -0.3 is 20.1 Å². The van der Waals surface area contributed by atoms with E-state index in [1.807, 2.05) is 30.3 Å². The summed E-state index contributed by atoms with van der Waals surface area (Å²) in [4.78, 5) is 39.9. The molecule has 8 heteroatoms. The molecule has 2 rings (SSSR count). The zero-order valence-corrected chi connectivity index (χ0v) is 21.9. The predicted molar refractivity (Wildman–Crippen MR) is 144 cm³/mol. The SMILES string of the molecule is C=CCCCC(=O)OC[C@H](CSCc1ccccc1)NC(=O)[C@H](CC=C)CC(=O)N1CCC[C@H]1CO. The van der Waals surface area contributed by atoms with Crippen LogP contribution in [0.2, 0.25) is 0 Å². The van der Waals surface area contributed by atoms with E-state index in [1.54, 1.807) is 28.8 Å². The fraction of sp³-hybridized carbons (Fsp3) is 0.536. The van der Waals surface area contributed by atoms with E-state index in [0.717, 1.165) is 25.0 Å². The topological polar surface area (TPSA) is 95.9 Å². The first-order valence-corrected chi connectivity index (χ1v) is 13.8. The summed E-state index contributed by atoms with van der Waals surface area (Å²) in [7, 11) is 0. The number of esters is 1. The van der Waals surface area contributed by atoms with Crippen LogP contribution in [-0.4, -0.2) is 65.4 Å². The van der Waals surface area contributed by atoms with E-state index in [9.17, 15) is 19.5 Å². The number of thioether (sulfide) groups is 1. The van der Waals surface area contributed by atoms with Crippen molar-refractivity contribution in [3.05, 3.63) is 61.2 Å². The third-order valence-electron chi connectivity index (χ3n) is 6.16. The van der Waals surface area contributed by atoms with Crippen molar-refractivity contribution in [2.75, 3.05) is 25.5 Å². The van der Waals surface area contributed by atoms with Crippen LogP contribution in [0, 0.1) is 5.92 Å². The van der Waals surface area contributed by atoms with Gasteiger partial charge in [-0.2, -0.15) is 11.8 Å². The largest absolute Gasteiger partial charge is 0.463 e. The summed E-state index contributed by atoms with van der Waals surface area (Å²) in [5, 5.41) is 12.6. The minimum absolute atomic E-state index is 0.0551. The number of hydrogen-bond donors (Lipinski definition) is 2. The van der Waals surface area contributed by atoms with Gasteiger partial charge in [-0.25, -0.2) is 0 Å². The highest BCUT2D eigenvalue weighted by molar-refractivity contribution is 7.98. The van der Waals surface area contributed by atoms with Gasteiger partial charge in [-0.1, -0.05) is 42.5 Å². The number of carbonyl (C=O) groups is 3. The zero-order valence-electron chi connectivity index (χ0n) is 21.1. The molecule has 0 radical (unpaired) electrons. The normalized spacial score (nSPS) is 16.7. The Hall–Kier alpha value is -2.58. The molecule has 1 fully saturated rings. The van der Waals surface area contributed by atoms with Gasteiger partial charge in [0.2, 0.25) is 11.8 Å². The highest BCUT2D eigenvalue weighted by Gasteiger charge is 2.31. The van der Waals surface area contributed by atoms with Crippen LogP contribution in [0.25, 0.3) is 0 Å². The fourth-order valence-corrected chi connectivity index (χ4v) is 5.18. The first-order valence-electron chi connectivity index (χ1n) is 12.7. The molecule has 2 N–H and O–H groups in total. The van der Waals surface area contributed by atoms with E-state index >= 15 is 0 Å². The quantitative estimate of drug-likeness (QED) is 0.185. The molecule has 1 aliphatic heterocycles. The first kappa shape index (κ1) is 29.6. The summed E-state index contributed by atoms with van der Waals surface area (Å²) in [6, 6.07) is 9.47. The van der Waals surface area contributed by atoms with E-state index < -0.39 is 5.92 Å². The number of ether oxygens (including phenoxy) is 1. The van der Waals surface area contributed by atoms with Crippen LogP contribution in [0.15, 0.2) is 55.6 Å². The molecule has 0 saturated carbocycles. The predicted octanol–water partition coefficient (Wildman–Crippen LogP) is 3.87. The second kappa shape index (κ2) is 17.0. The number of carbonyl (C=O) groups excluding carboxylic acids is 3. The van der Waals surface area contributed by atoms with Crippen molar-refractivity contribution in [3.8, 4) is 0 Å². The van der Waals surface area contributed by atoms with Crippen LogP contribution >= 0.6 is 11.8 Å². The molecule has 1 aromatic rings. The van der Waals surface area contributed by atoms with Crippen LogP contribution in [0.1, 0.15) is 50.5 Å². The molecule has 0 spiro atoms. The molecule has 0 unspecified atom stereocenters. The maximum atomic E-state index is 13.2.